The Morgan fingerprint density at radius 1 is 1.25 bits per heavy atom. The molecule has 4 nitrogen and oxygen atoms in total. The third-order valence-electron chi connectivity index (χ3n) is 1.63. The van der Waals surface area contributed by atoms with Gasteiger partial charge in [-0.25, -0.2) is 9.18 Å². The molecule has 0 bridgehead atoms. The molecule has 0 aliphatic rings. The first kappa shape index (κ1) is 6.90. The van der Waals surface area contributed by atoms with Gasteiger partial charge < -0.3 is 15.7 Å². The fourth-order valence-corrected chi connectivity index (χ4v) is 1.07. The van der Waals surface area contributed by atoms with Crippen LogP contribution in [0.2, 0.25) is 0 Å². The number of halogens is 1. The molecule has 12 heavy (non-hydrogen) atoms. The zero-order chi connectivity index (χ0) is 8.72. The lowest BCUT2D eigenvalue weighted by atomic mass is 10.3. The number of imidazole rings is 1. The zero-order valence-corrected chi connectivity index (χ0v) is 6.02. The summed E-state index contributed by atoms with van der Waals surface area (Å²) in [5, 5.41) is 0. The first-order valence-electron chi connectivity index (χ1n) is 3.34. The minimum atomic E-state index is -0.530. The third-order valence-corrected chi connectivity index (χ3v) is 1.63. The monoisotopic (exact) mass is 167 g/mol. The average molecular weight is 167 g/mol. The van der Waals surface area contributed by atoms with Gasteiger partial charge in [0, 0.05) is 6.07 Å². The van der Waals surface area contributed by atoms with Gasteiger partial charge >= 0.3 is 5.69 Å². The summed E-state index contributed by atoms with van der Waals surface area (Å²) in [5.74, 6) is -0.530. The van der Waals surface area contributed by atoms with E-state index < -0.39 is 5.82 Å². The number of aromatic amines is 2. The van der Waals surface area contributed by atoms with Crippen LogP contribution in [0.4, 0.5) is 10.1 Å². The first-order chi connectivity index (χ1) is 5.66. The molecule has 1 heterocycles. The van der Waals surface area contributed by atoms with Crippen molar-refractivity contribution in [3.63, 3.8) is 0 Å². The molecule has 0 radical (unpaired) electrons. The van der Waals surface area contributed by atoms with Gasteiger partial charge in [-0.05, 0) is 6.07 Å². The standard InChI is InChI=1S/C7H6FN3O/c8-3-1-5-6(2-4(3)9)11-7(12)10-5/h1-2H,9H2,(H2,10,11,12). The number of rotatable bonds is 0. The molecular formula is C7H6FN3O. The number of hydrogen-bond acceptors (Lipinski definition) is 2. The van der Waals surface area contributed by atoms with Crippen LogP contribution in [-0.2, 0) is 0 Å². The minimum Gasteiger partial charge on any atom is -0.396 e. The quantitative estimate of drug-likeness (QED) is 0.502. The maximum absolute atomic E-state index is 12.8. The van der Waals surface area contributed by atoms with Crippen LogP contribution in [0.15, 0.2) is 16.9 Å². The van der Waals surface area contributed by atoms with Gasteiger partial charge in [-0.15, -0.1) is 0 Å². The number of nitrogens with one attached hydrogen (secondary N) is 2. The SMILES string of the molecule is Nc1cc2[nH]c(=O)[nH]c2cc1F. The summed E-state index contributed by atoms with van der Waals surface area (Å²) in [6, 6.07) is 2.56. The molecule has 0 aliphatic heterocycles. The topological polar surface area (TPSA) is 74.7 Å². The van der Waals surface area contributed by atoms with Crippen molar-refractivity contribution in [3.05, 3.63) is 28.4 Å². The largest absolute Gasteiger partial charge is 0.396 e. The Kier molecular flexibility index (Phi) is 1.21. The van der Waals surface area contributed by atoms with E-state index in [0.29, 0.717) is 11.0 Å². The van der Waals surface area contributed by atoms with Crippen LogP contribution in [-0.4, -0.2) is 9.97 Å². The Morgan fingerprint density at radius 2 is 1.83 bits per heavy atom. The van der Waals surface area contributed by atoms with Crippen LogP contribution in [0.25, 0.3) is 11.0 Å². The molecule has 62 valence electrons. The highest BCUT2D eigenvalue weighted by molar-refractivity contribution is 5.78. The predicted octanol–water partition coefficient (Wildman–Crippen LogP) is 0.577. The van der Waals surface area contributed by atoms with Crippen molar-refractivity contribution in [2.75, 3.05) is 5.73 Å². The van der Waals surface area contributed by atoms with Crippen molar-refractivity contribution in [2.45, 2.75) is 0 Å². The maximum Gasteiger partial charge on any atom is 0.323 e. The van der Waals surface area contributed by atoms with Gasteiger partial charge in [0.15, 0.2) is 0 Å². The van der Waals surface area contributed by atoms with Gasteiger partial charge in [-0.3, -0.25) is 0 Å². The van der Waals surface area contributed by atoms with E-state index in [1.807, 2.05) is 0 Å². The number of fused-ring (bicyclic) bond motifs is 1. The molecule has 0 unspecified atom stereocenters. The van der Waals surface area contributed by atoms with Gasteiger partial charge in [0.2, 0.25) is 0 Å². The van der Waals surface area contributed by atoms with Crippen LogP contribution >= 0.6 is 0 Å². The molecule has 0 spiro atoms. The first-order valence-corrected chi connectivity index (χ1v) is 3.34. The number of aromatic nitrogens is 2. The fraction of sp³-hybridized carbons (Fsp3) is 0. The Hall–Kier alpha value is -1.78. The summed E-state index contributed by atoms with van der Waals surface area (Å²) in [6.07, 6.45) is 0. The summed E-state index contributed by atoms with van der Waals surface area (Å²) in [6.45, 7) is 0. The molecule has 0 saturated carbocycles. The second-order valence-corrected chi connectivity index (χ2v) is 2.50. The van der Waals surface area contributed by atoms with E-state index in [9.17, 15) is 9.18 Å². The van der Waals surface area contributed by atoms with Gasteiger partial charge in [0.25, 0.3) is 0 Å². The van der Waals surface area contributed by atoms with Crippen molar-refractivity contribution < 1.29 is 4.39 Å². The number of H-pyrrole nitrogens is 2. The summed E-state index contributed by atoms with van der Waals surface area (Å²) in [7, 11) is 0. The van der Waals surface area contributed by atoms with Crippen LogP contribution in [0.3, 0.4) is 0 Å². The summed E-state index contributed by atoms with van der Waals surface area (Å²) < 4.78 is 12.8. The number of anilines is 1. The van der Waals surface area contributed by atoms with E-state index in [-0.39, 0.29) is 11.4 Å². The third kappa shape index (κ3) is 0.868. The highest BCUT2D eigenvalue weighted by Crippen LogP contribution is 2.15. The molecule has 0 aliphatic carbocycles. The highest BCUT2D eigenvalue weighted by Gasteiger charge is 2.02. The fourth-order valence-electron chi connectivity index (χ4n) is 1.07. The number of benzene rings is 1. The average Bonchev–Trinajstić information content (AvgIpc) is 2.30. The molecule has 1 aromatic carbocycles. The minimum absolute atomic E-state index is 0.0257. The Bertz CT molecular complexity index is 443. The second kappa shape index (κ2) is 2.10. The summed E-state index contributed by atoms with van der Waals surface area (Å²) in [5.41, 5.74) is 5.88. The van der Waals surface area contributed by atoms with Crippen molar-refractivity contribution in [1.29, 1.82) is 0 Å². The van der Waals surface area contributed by atoms with Gasteiger partial charge in [-0.2, -0.15) is 0 Å². The molecule has 0 amide bonds. The Morgan fingerprint density at radius 3 is 2.50 bits per heavy atom. The maximum atomic E-state index is 12.8. The van der Waals surface area contributed by atoms with E-state index in [1.165, 1.54) is 12.1 Å². The van der Waals surface area contributed by atoms with Gasteiger partial charge in [-0.1, -0.05) is 0 Å². The lowest BCUT2D eigenvalue weighted by Gasteiger charge is -1.94. The van der Waals surface area contributed by atoms with E-state index in [1.54, 1.807) is 0 Å². The summed E-state index contributed by atoms with van der Waals surface area (Å²) >= 11 is 0. The van der Waals surface area contributed by atoms with Crippen LogP contribution in [0.1, 0.15) is 0 Å². The molecule has 1 aromatic heterocycles. The van der Waals surface area contributed by atoms with Crippen LogP contribution in [0, 0.1) is 5.82 Å². The molecule has 5 heteroatoms. The van der Waals surface area contributed by atoms with E-state index in [4.69, 9.17) is 5.73 Å². The lowest BCUT2D eigenvalue weighted by Crippen LogP contribution is -1.99. The molecule has 4 N–H and O–H groups in total. The van der Waals surface area contributed by atoms with Crippen molar-refractivity contribution in [1.82, 2.24) is 9.97 Å². The molecule has 0 fully saturated rings. The van der Waals surface area contributed by atoms with E-state index >= 15 is 0 Å². The van der Waals surface area contributed by atoms with Gasteiger partial charge in [0.1, 0.15) is 5.82 Å². The van der Waals surface area contributed by atoms with E-state index in [0.717, 1.165) is 0 Å². The second-order valence-electron chi connectivity index (χ2n) is 2.50. The summed E-state index contributed by atoms with van der Waals surface area (Å²) in [4.78, 5) is 15.6. The molecule has 2 rings (SSSR count). The van der Waals surface area contributed by atoms with Crippen molar-refractivity contribution >= 4 is 16.7 Å². The molecule has 0 saturated heterocycles. The number of hydrogen-bond donors (Lipinski definition) is 3. The smallest absolute Gasteiger partial charge is 0.323 e. The molecule has 0 atom stereocenters. The van der Waals surface area contributed by atoms with Crippen LogP contribution < -0.4 is 11.4 Å². The lowest BCUT2D eigenvalue weighted by molar-refractivity contribution is 0.634. The van der Waals surface area contributed by atoms with E-state index in [2.05, 4.69) is 9.97 Å². The predicted molar refractivity (Wildman–Crippen MR) is 43.3 cm³/mol. The highest BCUT2D eigenvalue weighted by atomic mass is 19.1. The zero-order valence-electron chi connectivity index (χ0n) is 6.02. The van der Waals surface area contributed by atoms with Crippen molar-refractivity contribution in [3.8, 4) is 0 Å². The molecular weight excluding hydrogens is 161 g/mol. The Balaban J connectivity index is 2.92. The Labute approximate surface area is 66.2 Å². The normalized spacial score (nSPS) is 10.8. The number of nitrogen functional groups attached to an aromatic ring is 1. The molecule has 2 aromatic rings. The number of nitrogens with two attached hydrogens (primary N) is 1. The van der Waals surface area contributed by atoms with Crippen LogP contribution in [0.5, 0.6) is 0 Å². The van der Waals surface area contributed by atoms with Gasteiger partial charge in [0.05, 0.1) is 16.7 Å². The van der Waals surface area contributed by atoms with Crippen molar-refractivity contribution in [2.24, 2.45) is 0 Å².